The number of carboxylic acid groups (broad SMARTS) is 1. The number of amides is 2. The molecule has 16 heavy (non-hydrogen) atoms. The van der Waals surface area contributed by atoms with Crippen LogP contribution in [0.1, 0.15) is 20.8 Å². The molecular formula is C10H18N2O4. The van der Waals surface area contributed by atoms with Crippen LogP contribution in [0.5, 0.6) is 0 Å². The molecule has 1 rings (SSSR count). The van der Waals surface area contributed by atoms with Gasteiger partial charge in [-0.1, -0.05) is 0 Å². The molecule has 0 saturated carbocycles. The smallest absolute Gasteiger partial charge is 0.323 e. The van der Waals surface area contributed by atoms with Crippen LogP contribution in [-0.2, 0) is 9.53 Å². The van der Waals surface area contributed by atoms with Crippen LogP contribution in [0, 0.1) is 0 Å². The lowest BCUT2D eigenvalue weighted by Gasteiger charge is -2.41. The van der Waals surface area contributed by atoms with Crippen molar-refractivity contribution >= 4 is 12.0 Å². The normalized spacial score (nSPS) is 23.9. The predicted molar refractivity (Wildman–Crippen MR) is 57.2 cm³/mol. The van der Waals surface area contributed by atoms with E-state index >= 15 is 0 Å². The Balaban J connectivity index is 2.52. The minimum atomic E-state index is -1.05. The maximum atomic E-state index is 11.6. The summed E-state index contributed by atoms with van der Waals surface area (Å²) in [5.74, 6) is -1.05. The molecule has 6 nitrogen and oxygen atoms in total. The van der Waals surface area contributed by atoms with Gasteiger partial charge in [-0.3, -0.25) is 4.79 Å². The molecule has 2 N–H and O–H groups in total. The number of urea groups is 1. The maximum Gasteiger partial charge on any atom is 0.323 e. The van der Waals surface area contributed by atoms with E-state index in [1.54, 1.807) is 4.90 Å². The van der Waals surface area contributed by atoms with Crippen molar-refractivity contribution in [2.24, 2.45) is 0 Å². The molecule has 1 aliphatic heterocycles. The lowest BCUT2D eigenvalue weighted by atomic mass is 10.1. The highest BCUT2D eigenvalue weighted by atomic mass is 16.5. The second-order valence-electron chi connectivity index (χ2n) is 4.62. The van der Waals surface area contributed by atoms with Crippen LogP contribution in [0.15, 0.2) is 0 Å². The molecule has 0 bridgehead atoms. The van der Waals surface area contributed by atoms with Gasteiger partial charge in [0, 0.05) is 6.54 Å². The molecule has 0 aliphatic carbocycles. The van der Waals surface area contributed by atoms with E-state index in [0.717, 1.165) is 0 Å². The van der Waals surface area contributed by atoms with Gasteiger partial charge in [0.05, 0.1) is 18.2 Å². The Morgan fingerprint density at radius 2 is 2.19 bits per heavy atom. The lowest BCUT2D eigenvalue weighted by molar-refractivity contribution is -0.136. The first-order valence-corrected chi connectivity index (χ1v) is 5.22. The van der Waals surface area contributed by atoms with Gasteiger partial charge in [0.1, 0.15) is 6.54 Å². The average Bonchev–Trinajstić information content (AvgIpc) is 2.10. The minimum Gasteiger partial charge on any atom is -0.480 e. The van der Waals surface area contributed by atoms with E-state index in [1.165, 1.54) is 0 Å². The number of hydrogen-bond acceptors (Lipinski definition) is 3. The summed E-state index contributed by atoms with van der Waals surface area (Å²) in [7, 11) is 0. The molecule has 92 valence electrons. The second kappa shape index (κ2) is 4.69. The molecule has 0 radical (unpaired) electrons. The molecule has 2 amide bonds. The molecule has 0 aromatic carbocycles. The summed E-state index contributed by atoms with van der Waals surface area (Å²) >= 11 is 0. The van der Waals surface area contributed by atoms with Crippen LogP contribution < -0.4 is 5.32 Å². The largest absolute Gasteiger partial charge is 0.480 e. The Morgan fingerprint density at radius 1 is 1.56 bits per heavy atom. The van der Waals surface area contributed by atoms with Gasteiger partial charge in [0.15, 0.2) is 0 Å². The van der Waals surface area contributed by atoms with E-state index < -0.39 is 11.6 Å². The molecule has 1 fully saturated rings. The molecule has 0 aromatic heterocycles. The quantitative estimate of drug-likeness (QED) is 0.714. The minimum absolute atomic E-state index is 0.0423. The predicted octanol–water partition coefficient (Wildman–Crippen LogP) is 0.280. The topological polar surface area (TPSA) is 78.9 Å². The van der Waals surface area contributed by atoms with Crippen molar-refractivity contribution in [3.8, 4) is 0 Å². The zero-order valence-electron chi connectivity index (χ0n) is 9.82. The van der Waals surface area contributed by atoms with Crippen LogP contribution in [0.25, 0.3) is 0 Å². The standard InChI is InChI=1S/C10H18N2O4/c1-7-5-12(6-10(2,3)16-7)9(15)11-4-8(13)14/h7H,4-6H2,1-3H3,(H,11,15)(H,13,14). The average molecular weight is 230 g/mol. The van der Waals surface area contributed by atoms with Crippen LogP contribution in [0.3, 0.4) is 0 Å². The van der Waals surface area contributed by atoms with E-state index in [0.29, 0.717) is 13.1 Å². The maximum absolute atomic E-state index is 11.6. The van der Waals surface area contributed by atoms with E-state index in [4.69, 9.17) is 9.84 Å². The molecule has 1 saturated heterocycles. The van der Waals surface area contributed by atoms with Crippen LogP contribution in [0.2, 0.25) is 0 Å². The molecule has 6 heteroatoms. The number of rotatable bonds is 2. The number of aliphatic carboxylic acids is 1. The molecule has 1 aliphatic rings. The van der Waals surface area contributed by atoms with Crippen LogP contribution in [-0.4, -0.2) is 53.3 Å². The number of hydrogen-bond donors (Lipinski definition) is 2. The van der Waals surface area contributed by atoms with Gasteiger partial charge < -0.3 is 20.1 Å². The molecule has 1 atom stereocenters. The highest BCUT2D eigenvalue weighted by molar-refractivity contribution is 5.80. The summed E-state index contributed by atoms with van der Waals surface area (Å²) < 4.78 is 5.64. The summed E-state index contributed by atoms with van der Waals surface area (Å²) in [6.07, 6.45) is -0.0423. The van der Waals surface area contributed by atoms with Crippen molar-refractivity contribution in [2.75, 3.05) is 19.6 Å². The first kappa shape index (κ1) is 12.8. The Kier molecular flexibility index (Phi) is 3.74. The van der Waals surface area contributed by atoms with Crippen molar-refractivity contribution in [2.45, 2.75) is 32.5 Å². The fraction of sp³-hybridized carbons (Fsp3) is 0.800. The van der Waals surface area contributed by atoms with E-state index in [2.05, 4.69) is 5.32 Å². The Hall–Kier alpha value is -1.30. The highest BCUT2D eigenvalue weighted by Gasteiger charge is 2.33. The fourth-order valence-corrected chi connectivity index (χ4v) is 1.87. The monoisotopic (exact) mass is 230 g/mol. The number of nitrogens with one attached hydrogen (secondary N) is 1. The van der Waals surface area contributed by atoms with Gasteiger partial charge in [-0.2, -0.15) is 0 Å². The number of ether oxygens (including phenoxy) is 1. The zero-order valence-corrected chi connectivity index (χ0v) is 9.82. The zero-order chi connectivity index (χ0) is 12.3. The van der Waals surface area contributed by atoms with Crippen molar-refractivity contribution in [3.05, 3.63) is 0 Å². The van der Waals surface area contributed by atoms with Gasteiger partial charge in [-0.15, -0.1) is 0 Å². The molecule has 1 heterocycles. The number of morpholine rings is 1. The molecule has 1 unspecified atom stereocenters. The third-order valence-electron chi connectivity index (χ3n) is 2.25. The van der Waals surface area contributed by atoms with Crippen molar-refractivity contribution < 1.29 is 19.4 Å². The van der Waals surface area contributed by atoms with Gasteiger partial charge in [-0.25, -0.2) is 4.79 Å². The summed E-state index contributed by atoms with van der Waals surface area (Å²) in [5.41, 5.74) is -0.391. The number of carbonyl (C=O) groups excluding carboxylic acids is 1. The third kappa shape index (κ3) is 3.69. The summed E-state index contributed by atoms with van der Waals surface area (Å²) in [6, 6.07) is -0.356. The first-order valence-electron chi connectivity index (χ1n) is 5.22. The number of carboxylic acids is 1. The Morgan fingerprint density at radius 3 is 2.69 bits per heavy atom. The fourth-order valence-electron chi connectivity index (χ4n) is 1.87. The van der Waals surface area contributed by atoms with E-state index in [9.17, 15) is 9.59 Å². The van der Waals surface area contributed by atoms with Gasteiger partial charge in [0.2, 0.25) is 0 Å². The van der Waals surface area contributed by atoms with Gasteiger partial charge in [0.25, 0.3) is 0 Å². The van der Waals surface area contributed by atoms with E-state index in [-0.39, 0.29) is 18.7 Å². The van der Waals surface area contributed by atoms with Crippen molar-refractivity contribution in [3.63, 3.8) is 0 Å². The van der Waals surface area contributed by atoms with Gasteiger partial charge in [-0.05, 0) is 20.8 Å². The lowest BCUT2D eigenvalue weighted by Crippen LogP contribution is -2.56. The summed E-state index contributed by atoms with van der Waals surface area (Å²) in [6.45, 7) is 6.28. The molecular weight excluding hydrogens is 212 g/mol. The third-order valence-corrected chi connectivity index (χ3v) is 2.25. The van der Waals surface area contributed by atoms with Crippen molar-refractivity contribution in [1.29, 1.82) is 0 Å². The van der Waals surface area contributed by atoms with Gasteiger partial charge >= 0.3 is 12.0 Å². The second-order valence-corrected chi connectivity index (χ2v) is 4.62. The Bertz CT molecular complexity index is 291. The first-order chi connectivity index (χ1) is 7.30. The number of nitrogens with zero attached hydrogens (tertiary/aromatic N) is 1. The SMILES string of the molecule is CC1CN(C(=O)NCC(=O)O)CC(C)(C)O1. The van der Waals surface area contributed by atoms with Crippen LogP contribution >= 0.6 is 0 Å². The van der Waals surface area contributed by atoms with Crippen molar-refractivity contribution in [1.82, 2.24) is 10.2 Å². The summed E-state index contributed by atoms with van der Waals surface area (Å²) in [4.78, 5) is 23.5. The van der Waals surface area contributed by atoms with E-state index in [1.807, 2.05) is 20.8 Å². The Labute approximate surface area is 94.6 Å². The molecule has 0 spiro atoms. The summed E-state index contributed by atoms with van der Waals surface area (Å²) in [5, 5.41) is 10.8. The molecule has 0 aromatic rings. The highest BCUT2D eigenvalue weighted by Crippen LogP contribution is 2.20. The van der Waals surface area contributed by atoms with Crippen LogP contribution in [0.4, 0.5) is 4.79 Å². The number of carbonyl (C=O) groups is 2.